The molecule has 12 heteroatoms. The Balaban J connectivity index is 1.76. The third-order valence-electron chi connectivity index (χ3n) is 5.26. The van der Waals surface area contributed by atoms with Crippen LogP contribution in [0.5, 0.6) is 5.88 Å². The normalized spacial score (nSPS) is 11.6. The number of ether oxygens (including phenoxy) is 1. The molecule has 36 heavy (non-hydrogen) atoms. The smallest absolute Gasteiger partial charge is 0.276 e. The van der Waals surface area contributed by atoms with Crippen molar-refractivity contribution in [1.82, 2.24) is 14.4 Å². The number of halogens is 3. The van der Waals surface area contributed by atoms with E-state index in [-0.39, 0.29) is 23.2 Å². The molecule has 1 aromatic carbocycles. The first kappa shape index (κ1) is 25.5. The third-order valence-corrected chi connectivity index (χ3v) is 6.92. The zero-order valence-electron chi connectivity index (χ0n) is 19.0. The van der Waals surface area contributed by atoms with Gasteiger partial charge >= 0.3 is 0 Å². The summed E-state index contributed by atoms with van der Waals surface area (Å²) in [7, 11) is -4.46. The molecule has 0 saturated carbocycles. The number of nitrogens with one attached hydrogen (secondary N) is 1. The highest BCUT2D eigenvalue weighted by atomic mass is 35.5. The molecule has 0 fully saturated rings. The van der Waals surface area contributed by atoms with Gasteiger partial charge in [-0.2, -0.15) is 0 Å². The van der Waals surface area contributed by atoms with Gasteiger partial charge in [0, 0.05) is 29.6 Å². The third kappa shape index (κ3) is 5.47. The molecule has 0 unspecified atom stereocenters. The Morgan fingerprint density at radius 1 is 1.06 bits per heavy atom. The number of aromatic nitrogens is 3. The van der Waals surface area contributed by atoms with Crippen molar-refractivity contribution in [2.45, 2.75) is 31.1 Å². The van der Waals surface area contributed by atoms with Crippen molar-refractivity contribution in [2.24, 2.45) is 0 Å². The van der Waals surface area contributed by atoms with Crippen molar-refractivity contribution < 1.29 is 21.9 Å². The summed E-state index contributed by atoms with van der Waals surface area (Å²) in [4.78, 5) is 20.0. The predicted molar refractivity (Wildman–Crippen MR) is 132 cm³/mol. The molecule has 0 aliphatic carbocycles. The number of fused-ring (bicyclic) bond motifs is 1. The second kappa shape index (κ2) is 10.6. The Hall–Kier alpha value is -3.57. The highest BCUT2D eigenvalue weighted by molar-refractivity contribution is 7.92. The number of rotatable bonds is 9. The fourth-order valence-electron chi connectivity index (χ4n) is 3.44. The molecule has 0 amide bonds. The summed E-state index contributed by atoms with van der Waals surface area (Å²) in [6, 6.07) is 6.88. The van der Waals surface area contributed by atoms with Crippen LogP contribution in [0.3, 0.4) is 0 Å². The number of nitrogens with zero attached hydrogens (tertiary/aromatic N) is 3. The number of benzene rings is 1. The summed E-state index contributed by atoms with van der Waals surface area (Å²) in [5, 5.41) is -0.0617. The summed E-state index contributed by atoms with van der Waals surface area (Å²) in [5.74, 6) is -2.16. The molecule has 8 nitrogen and oxygen atoms in total. The Morgan fingerprint density at radius 2 is 1.86 bits per heavy atom. The molecular formula is C24H21ClF2N4O4S. The molecule has 4 rings (SSSR count). The maximum atomic E-state index is 14.2. The van der Waals surface area contributed by atoms with Crippen LogP contribution in [0.25, 0.3) is 16.8 Å². The van der Waals surface area contributed by atoms with Crippen LogP contribution in [0.15, 0.2) is 64.7 Å². The van der Waals surface area contributed by atoms with Gasteiger partial charge in [-0.3, -0.25) is 13.9 Å². The van der Waals surface area contributed by atoms with Gasteiger partial charge in [-0.05, 0) is 36.8 Å². The first-order valence-electron chi connectivity index (χ1n) is 11.0. The van der Waals surface area contributed by atoms with Gasteiger partial charge in [0.1, 0.15) is 32.9 Å². The first-order valence-corrected chi connectivity index (χ1v) is 12.8. The van der Waals surface area contributed by atoms with Crippen molar-refractivity contribution in [3.05, 3.63) is 82.0 Å². The van der Waals surface area contributed by atoms with Crippen LogP contribution in [0.2, 0.25) is 5.02 Å². The number of unbranched alkanes of at least 4 members (excludes halogenated alkanes) is 2. The zero-order valence-corrected chi connectivity index (χ0v) is 20.6. The quantitative estimate of drug-likeness (QED) is 0.301. The predicted octanol–water partition coefficient (Wildman–Crippen LogP) is 5.06. The van der Waals surface area contributed by atoms with E-state index in [9.17, 15) is 22.0 Å². The monoisotopic (exact) mass is 534 g/mol. The molecule has 0 bridgehead atoms. The van der Waals surface area contributed by atoms with Gasteiger partial charge in [0.05, 0.1) is 12.8 Å². The molecule has 0 radical (unpaired) electrons. The molecule has 3 heterocycles. The summed E-state index contributed by atoms with van der Waals surface area (Å²) in [6.45, 7) is 2.32. The molecule has 3 aromatic heterocycles. The van der Waals surface area contributed by atoms with E-state index < -0.39 is 32.1 Å². The van der Waals surface area contributed by atoms with Gasteiger partial charge in [0.15, 0.2) is 0 Å². The minimum Gasteiger partial charge on any atom is -0.476 e. The number of anilines is 1. The van der Waals surface area contributed by atoms with Crippen LogP contribution in [0.1, 0.15) is 26.2 Å². The second-order valence-electron chi connectivity index (χ2n) is 7.87. The Bertz CT molecular complexity index is 1600. The van der Waals surface area contributed by atoms with Crippen molar-refractivity contribution in [3.63, 3.8) is 0 Å². The van der Waals surface area contributed by atoms with E-state index in [0.717, 1.165) is 31.4 Å². The highest BCUT2D eigenvalue weighted by Gasteiger charge is 2.22. The maximum Gasteiger partial charge on any atom is 0.276 e. The second-order valence-corrected chi connectivity index (χ2v) is 9.93. The number of hydrogen-bond acceptors (Lipinski definition) is 6. The average molecular weight is 535 g/mol. The fraction of sp³-hybridized carbons (Fsp3) is 0.208. The molecule has 4 aromatic rings. The Morgan fingerprint density at radius 3 is 2.61 bits per heavy atom. The van der Waals surface area contributed by atoms with Gasteiger partial charge in [-0.15, -0.1) is 0 Å². The van der Waals surface area contributed by atoms with E-state index in [1.165, 1.54) is 29.1 Å². The molecule has 1 N–H and O–H groups in total. The molecule has 188 valence electrons. The fourth-order valence-corrected chi connectivity index (χ4v) is 4.69. The van der Waals surface area contributed by atoms with Crippen LogP contribution in [0, 0.1) is 11.6 Å². The Kier molecular flexibility index (Phi) is 7.51. The van der Waals surface area contributed by atoms with Gasteiger partial charge in [0.25, 0.3) is 15.6 Å². The molecule has 0 saturated heterocycles. The van der Waals surface area contributed by atoms with Gasteiger partial charge in [-0.25, -0.2) is 27.2 Å². The van der Waals surface area contributed by atoms with E-state index in [4.69, 9.17) is 16.3 Å². The van der Waals surface area contributed by atoms with Gasteiger partial charge in [0.2, 0.25) is 5.88 Å². The van der Waals surface area contributed by atoms with Crippen molar-refractivity contribution in [2.75, 3.05) is 11.3 Å². The lowest BCUT2D eigenvalue weighted by molar-refractivity contribution is 0.296. The van der Waals surface area contributed by atoms with E-state index in [1.807, 2.05) is 6.92 Å². The lowest BCUT2D eigenvalue weighted by Crippen LogP contribution is -2.16. The van der Waals surface area contributed by atoms with Crippen LogP contribution in [-0.2, 0) is 10.0 Å². The minimum atomic E-state index is -4.46. The topological polar surface area (TPSA) is 103 Å². The molecule has 0 aliphatic heterocycles. The van der Waals surface area contributed by atoms with Crippen LogP contribution >= 0.6 is 11.6 Å². The number of hydrogen-bond donors (Lipinski definition) is 1. The van der Waals surface area contributed by atoms with Crippen LogP contribution in [-0.4, -0.2) is 29.4 Å². The van der Waals surface area contributed by atoms with E-state index >= 15 is 0 Å². The zero-order chi connectivity index (χ0) is 25.9. The summed E-state index contributed by atoms with van der Waals surface area (Å²) < 4.78 is 62.7. The Labute approximate surface area is 210 Å². The van der Waals surface area contributed by atoms with E-state index in [0.29, 0.717) is 22.8 Å². The van der Waals surface area contributed by atoms with Crippen molar-refractivity contribution in [1.29, 1.82) is 0 Å². The largest absolute Gasteiger partial charge is 0.476 e. The van der Waals surface area contributed by atoms with E-state index in [2.05, 4.69) is 14.7 Å². The average Bonchev–Trinajstić information content (AvgIpc) is 2.84. The molecular weight excluding hydrogens is 514 g/mol. The van der Waals surface area contributed by atoms with Gasteiger partial charge < -0.3 is 4.74 Å². The van der Waals surface area contributed by atoms with Gasteiger partial charge in [-0.1, -0.05) is 31.4 Å². The highest BCUT2D eigenvalue weighted by Crippen LogP contribution is 2.31. The number of pyridine rings is 2. The lowest BCUT2D eigenvalue weighted by Gasteiger charge is -2.15. The van der Waals surface area contributed by atoms with E-state index in [1.54, 1.807) is 12.1 Å². The maximum absolute atomic E-state index is 14.2. The first-order chi connectivity index (χ1) is 17.2. The SMILES string of the molecule is CCCCCOc1ncc(-c2ccc3ncc(Cl)c(=O)n3c2)cc1NS(=O)(=O)c1ccc(F)cc1F. The summed E-state index contributed by atoms with van der Waals surface area (Å²) >= 11 is 5.90. The summed E-state index contributed by atoms with van der Waals surface area (Å²) in [5.41, 5.74) is 0.781. The summed E-state index contributed by atoms with van der Waals surface area (Å²) in [6.07, 6.45) is 6.79. The van der Waals surface area contributed by atoms with Crippen LogP contribution in [0.4, 0.5) is 14.5 Å². The van der Waals surface area contributed by atoms with Crippen molar-refractivity contribution >= 4 is 33.0 Å². The lowest BCUT2D eigenvalue weighted by atomic mass is 10.1. The minimum absolute atomic E-state index is 0.0105. The molecule has 0 atom stereocenters. The standard InChI is InChI=1S/C24H21ClF2N4O4S/c1-2-3-4-9-35-23-20(30-36(33,34)21-7-6-17(26)11-19(21)27)10-16(12-29-23)15-5-8-22-28-13-18(25)24(32)31(22)14-15/h5-8,10-14,30H,2-4,9H2,1H3. The molecule has 0 aliphatic rings. The van der Waals surface area contributed by atoms with Crippen LogP contribution < -0.4 is 15.0 Å². The molecule has 0 spiro atoms. The number of sulfonamides is 1. The van der Waals surface area contributed by atoms with Crippen molar-refractivity contribution in [3.8, 4) is 17.0 Å².